The summed E-state index contributed by atoms with van der Waals surface area (Å²) in [7, 11) is 0. The first-order valence-corrected chi connectivity index (χ1v) is 8.12. The molecule has 2 aromatic rings. The van der Waals surface area contributed by atoms with Gasteiger partial charge in [-0.25, -0.2) is 14.4 Å². The van der Waals surface area contributed by atoms with Crippen LogP contribution in [0.25, 0.3) is 11.0 Å². The van der Waals surface area contributed by atoms with Crippen LogP contribution in [-0.2, 0) is 19.1 Å². The van der Waals surface area contributed by atoms with Gasteiger partial charge in [0, 0.05) is 28.7 Å². The Morgan fingerprint density at radius 2 is 1.70 bits per heavy atom. The molecule has 2 rings (SSSR count). The van der Waals surface area contributed by atoms with Crippen LogP contribution >= 0.6 is 0 Å². The summed E-state index contributed by atoms with van der Waals surface area (Å²) in [6, 6.07) is 7.92. The minimum atomic E-state index is -0.851. The molecule has 0 saturated heterocycles. The normalized spacial score (nSPS) is 11.5. The molecule has 7 nitrogen and oxygen atoms in total. The number of ether oxygens (including phenoxy) is 3. The number of esters is 2. The Balaban J connectivity index is 2.07. The molecule has 1 aromatic heterocycles. The largest absolute Gasteiger partial charge is 0.489 e. The number of rotatable bonds is 8. The highest BCUT2D eigenvalue weighted by molar-refractivity contribution is 5.87. The summed E-state index contributed by atoms with van der Waals surface area (Å²) < 4.78 is 21.0. The van der Waals surface area contributed by atoms with E-state index in [2.05, 4.69) is 13.2 Å². The number of carbonyl (C=O) groups is 2. The van der Waals surface area contributed by atoms with Crippen LogP contribution in [0.4, 0.5) is 0 Å². The Bertz CT molecular complexity index is 939. The zero-order valence-corrected chi connectivity index (χ0v) is 15.2. The van der Waals surface area contributed by atoms with Crippen LogP contribution in [0.2, 0.25) is 0 Å². The van der Waals surface area contributed by atoms with Gasteiger partial charge in [-0.2, -0.15) is 0 Å². The van der Waals surface area contributed by atoms with E-state index in [1.807, 2.05) is 0 Å². The fourth-order valence-electron chi connectivity index (χ4n) is 1.98. The Labute approximate surface area is 155 Å². The Morgan fingerprint density at radius 3 is 2.37 bits per heavy atom. The van der Waals surface area contributed by atoms with Crippen molar-refractivity contribution >= 4 is 22.9 Å². The van der Waals surface area contributed by atoms with Gasteiger partial charge in [0.1, 0.15) is 24.5 Å². The first-order valence-electron chi connectivity index (χ1n) is 8.12. The number of carbonyl (C=O) groups excluding carboxylic acids is 2. The fraction of sp³-hybridized carbons (Fsp3) is 0.250. The van der Waals surface area contributed by atoms with Gasteiger partial charge in [-0.05, 0) is 32.0 Å². The lowest BCUT2D eigenvalue weighted by atomic mass is 10.2. The zero-order chi connectivity index (χ0) is 20.0. The van der Waals surface area contributed by atoms with Gasteiger partial charge in [0.15, 0.2) is 6.10 Å². The number of benzene rings is 1. The highest BCUT2D eigenvalue weighted by atomic mass is 16.6. The van der Waals surface area contributed by atoms with Crippen molar-refractivity contribution in [3.63, 3.8) is 0 Å². The maximum Gasteiger partial charge on any atom is 0.336 e. The number of fused-ring (bicyclic) bond motifs is 1. The highest BCUT2D eigenvalue weighted by Gasteiger charge is 2.19. The predicted octanol–water partition coefficient (Wildman–Crippen LogP) is 2.78. The smallest absolute Gasteiger partial charge is 0.336 e. The third kappa shape index (κ3) is 5.85. The molecule has 0 fully saturated rings. The molecule has 0 aliphatic heterocycles. The SMILES string of the molecule is C=C(C)C(=O)OCC(COc1ccc2ccc(=O)oc2c1)OC(=O)C(=C)C. The molecular weight excluding hydrogens is 352 g/mol. The molecule has 1 aromatic carbocycles. The van der Waals surface area contributed by atoms with Gasteiger partial charge >= 0.3 is 17.6 Å². The van der Waals surface area contributed by atoms with Gasteiger partial charge in [0.05, 0.1) is 0 Å². The monoisotopic (exact) mass is 372 g/mol. The predicted molar refractivity (Wildman–Crippen MR) is 98.4 cm³/mol. The topological polar surface area (TPSA) is 92.0 Å². The van der Waals surface area contributed by atoms with Gasteiger partial charge in [0.25, 0.3) is 0 Å². The lowest BCUT2D eigenvalue weighted by Gasteiger charge is -2.18. The number of hydrogen-bond acceptors (Lipinski definition) is 7. The standard InChI is InChI=1S/C20H20O7/c1-12(2)19(22)25-11-16(26-20(23)13(3)4)10-24-15-7-5-14-6-8-18(21)27-17(14)9-15/h5-9,16H,1,3,10-11H2,2,4H3. The van der Waals surface area contributed by atoms with Crippen LogP contribution in [0.1, 0.15) is 13.8 Å². The van der Waals surface area contributed by atoms with E-state index in [1.54, 1.807) is 24.3 Å². The van der Waals surface area contributed by atoms with Crippen molar-refractivity contribution in [1.29, 1.82) is 0 Å². The van der Waals surface area contributed by atoms with E-state index in [4.69, 9.17) is 18.6 Å². The molecule has 0 spiro atoms. The van der Waals surface area contributed by atoms with Crippen molar-refractivity contribution in [3.05, 3.63) is 65.1 Å². The van der Waals surface area contributed by atoms with E-state index in [9.17, 15) is 14.4 Å². The van der Waals surface area contributed by atoms with E-state index in [0.717, 1.165) is 5.39 Å². The summed E-state index contributed by atoms with van der Waals surface area (Å²) >= 11 is 0. The maximum absolute atomic E-state index is 11.8. The molecule has 0 bridgehead atoms. The Hall–Kier alpha value is -3.35. The summed E-state index contributed by atoms with van der Waals surface area (Å²) in [6.07, 6.45) is -0.851. The molecule has 1 unspecified atom stereocenters. The maximum atomic E-state index is 11.8. The fourth-order valence-corrected chi connectivity index (χ4v) is 1.98. The quantitative estimate of drug-likeness (QED) is 0.400. The lowest BCUT2D eigenvalue weighted by Crippen LogP contribution is -2.31. The molecular formula is C20H20O7. The van der Waals surface area contributed by atoms with E-state index < -0.39 is 23.7 Å². The van der Waals surface area contributed by atoms with Crippen molar-refractivity contribution < 1.29 is 28.2 Å². The Morgan fingerprint density at radius 1 is 1.04 bits per heavy atom. The van der Waals surface area contributed by atoms with E-state index in [1.165, 1.54) is 19.9 Å². The number of hydrogen-bond donors (Lipinski definition) is 0. The van der Waals surface area contributed by atoms with Crippen molar-refractivity contribution in [1.82, 2.24) is 0 Å². The van der Waals surface area contributed by atoms with Crippen molar-refractivity contribution in [2.75, 3.05) is 13.2 Å². The summed E-state index contributed by atoms with van der Waals surface area (Å²) in [4.78, 5) is 34.6. The van der Waals surface area contributed by atoms with Crippen LogP contribution in [0.5, 0.6) is 5.75 Å². The minimum Gasteiger partial charge on any atom is -0.489 e. The van der Waals surface area contributed by atoms with Crippen LogP contribution < -0.4 is 10.4 Å². The van der Waals surface area contributed by atoms with Crippen molar-refractivity contribution in [2.45, 2.75) is 20.0 Å². The molecule has 27 heavy (non-hydrogen) atoms. The lowest BCUT2D eigenvalue weighted by molar-refractivity contribution is -0.155. The van der Waals surface area contributed by atoms with E-state index >= 15 is 0 Å². The van der Waals surface area contributed by atoms with Crippen LogP contribution in [0, 0.1) is 0 Å². The van der Waals surface area contributed by atoms with Gasteiger partial charge in [-0.1, -0.05) is 13.2 Å². The minimum absolute atomic E-state index is 0.0783. The van der Waals surface area contributed by atoms with Gasteiger partial charge in [0.2, 0.25) is 0 Å². The molecule has 142 valence electrons. The van der Waals surface area contributed by atoms with Gasteiger partial charge in [-0.15, -0.1) is 0 Å². The molecule has 0 aliphatic carbocycles. The van der Waals surface area contributed by atoms with Crippen molar-refractivity contribution in [2.24, 2.45) is 0 Å². The first-order chi connectivity index (χ1) is 12.8. The average Bonchev–Trinajstić information content (AvgIpc) is 2.62. The summed E-state index contributed by atoms with van der Waals surface area (Å²) in [5, 5.41) is 0.739. The second-order valence-corrected chi connectivity index (χ2v) is 5.95. The molecule has 7 heteroatoms. The third-order valence-corrected chi connectivity index (χ3v) is 3.40. The molecule has 1 heterocycles. The van der Waals surface area contributed by atoms with E-state index in [0.29, 0.717) is 11.3 Å². The van der Waals surface area contributed by atoms with Gasteiger partial charge in [-0.3, -0.25) is 0 Å². The van der Waals surface area contributed by atoms with E-state index in [-0.39, 0.29) is 24.4 Å². The molecule has 0 saturated carbocycles. The summed E-state index contributed by atoms with van der Waals surface area (Å²) in [5.41, 5.74) is 0.327. The summed E-state index contributed by atoms with van der Waals surface area (Å²) in [5.74, 6) is -0.821. The average molecular weight is 372 g/mol. The Kier molecular flexibility index (Phi) is 6.54. The van der Waals surface area contributed by atoms with Crippen LogP contribution in [0.15, 0.2) is 63.8 Å². The molecule has 1 atom stereocenters. The first kappa shape index (κ1) is 20.0. The zero-order valence-electron chi connectivity index (χ0n) is 15.2. The second-order valence-electron chi connectivity index (χ2n) is 5.95. The van der Waals surface area contributed by atoms with Crippen LogP contribution in [-0.4, -0.2) is 31.3 Å². The van der Waals surface area contributed by atoms with Gasteiger partial charge < -0.3 is 18.6 Å². The molecule has 0 N–H and O–H groups in total. The molecule has 0 aliphatic rings. The molecule has 0 radical (unpaired) electrons. The summed E-state index contributed by atoms with van der Waals surface area (Å²) in [6.45, 7) is 9.74. The van der Waals surface area contributed by atoms with Crippen LogP contribution in [0.3, 0.4) is 0 Å². The highest BCUT2D eigenvalue weighted by Crippen LogP contribution is 2.20. The molecule has 0 amide bonds. The third-order valence-electron chi connectivity index (χ3n) is 3.40. The van der Waals surface area contributed by atoms with Crippen molar-refractivity contribution in [3.8, 4) is 5.75 Å². The second kappa shape index (κ2) is 8.84.